The fourth-order valence-electron chi connectivity index (χ4n) is 6.02. The first-order chi connectivity index (χ1) is 29.3. The van der Waals surface area contributed by atoms with E-state index in [9.17, 15) is 50.8 Å². The number of carbonyl (C=O) groups excluding carboxylic acids is 1. The quantitative estimate of drug-likeness (QED) is 0.0275. The van der Waals surface area contributed by atoms with Crippen LogP contribution in [0, 0.1) is 0 Å². The van der Waals surface area contributed by atoms with Crippen molar-refractivity contribution >= 4 is 105 Å². The lowest BCUT2D eigenvalue weighted by Gasteiger charge is -2.10. The van der Waals surface area contributed by atoms with E-state index in [4.69, 9.17) is 11.5 Å². The van der Waals surface area contributed by atoms with E-state index in [-0.39, 0.29) is 44.6 Å². The van der Waals surface area contributed by atoms with Gasteiger partial charge >= 0.3 is 11.9 Å². The standard InChI is InChI=1S/C40H29N9O11S2/c41-24-7-1-22-15-33(61(55,56)57)35(37(50)29(22)17-24)48-45-27-11-5-21(6-12-27)20-3-9-26(10-4-20)44-47-31-14-13-28(19-32(31)43-39(52)40(53)54)46-49-36-34(62(58,59)60)16-23-2-8-25(42)18-30(23)38(36)51/h1-19,50-51H,41-42H2,(H,43,52)(H,53,54)(H,55,56,57)(H,58,59,60). The second-order valence-electron chi connectivity index (χ2n) is 13.2. The molecule has 0 aliphatic carbocycles. The van der Waals surface area contributed by atoms with Crippen LogP contribution in [-0.2, 0) is 29.8 Å². The topological polar surface area (TPSA) is 342 Å². The summed E-state index contributed by atoms with van der Waals surface area (Å²) >= 11 is 0. The molecule has 0 aliphatic rings. The summed E-state index contributed by atoms with van der Waals surface area (Å²) in [6.07, 6.45) is 0. The first kappa shape index (κ1) is 42.0. The van der Waals surface area contributed by atoms with Gasteiger partial charge in [0.2, 0.25) is 0 Å². The number of rotatable bonds is 10. The fraction of sp³-hybridized carbons (Fsp3) is 0. The van der Waals surface area contributed by atoms with Gasteiger partial charge in [0.05, 0.1) is 22.7 Å². The highest BCUT2D eigenvalue weighted by atomic mass is 32.2. The first-order valence-corrected chi connectivity index (χ1v) is 20.4. The number of nitrogens with one attached hydrogen (secondary N) is 1. The normalized spacial score (nSPS) is 12.2. The molecule has 0 aromatic heterocycles. The van der Waals surface area contributed by atoms with Crippen LogP contribution in [0.5, 0.6) is 11.5 Å². The number of benzene rings is 7. The number of nitrogens with zero attached hydrogens (tertiary/aromatic N) is 6. The third-order valence-electron chi connectivity index (χ3n) is 9.00. The zero-order valence-corrected chi connectivity index (χ0v) is 32.9. The molecule has 0 unspecified atom stereocenters. The molecule has 62 heavy (non-hydrogen) atoms. The highest BCUT2D eigenvalue weighted by molar-refractivity contribution is 7.86. The lowest BCUT2D eigenvalue weighted by Crippen LogP contribution is -2.21. The van der Waals surface area contributed by atoms with Gasteiger partial charge < -0.3 is 32.1 Å². The van der Waals surface area contributed by atoms with Gasteiger partial charge in [0.1, 0.15) is 26.9 Å². The molecule has 0 saturated heterocycles. The van der Waals surface area contributed by atoms with Gasteiger partial charge in [-0.25, -0.2) is 4.79 Å². The number of phenolic OH excluding ortho intramolecular Hbond substituents is 2. The zero-order chi connectivity index (χ0) is 44.5. The van der Waals surface area contributed by atoms with Gasteiger partial charge in [0, 0.05) is 22.1 Å². The van der Waals surface area contributed by atoms with Crippen molar-refractivity contribution in [3.8, 4) is 22.6 Å². The number of carbonyl (C=O) groups is 2. The molecule has 1 amide bonds. The van der Waals surface area contributed by atoms with Crippen molar-refractivity contribution in [1.29, 1.82) is 0 Å². The van der Waals surface area contributed by atoms with Crippen molar-refractivity contribution in [3.05, 3.63) is 115 Å². The number of fused-ring (bicyclic) bond motifs is 2. The van der Waals surface area contributed by atoms with Crippen LogP contribution in [0.3, 0.4) is 0 Å². The molecule has 0 fully saturated rings. The summed E-state index contributed by atoms with van der Waals surface area (Å²) in [6, 6.07) is 28.0. The average Bonchev–Trinajstić information content (AvgIpc) is 3.22. The summed E-state index contributed by atoms with van der Waals surface area (Å²) in [4.78, 5) is 22.1. The molecular formula is C40H29N9O11S2. The van der Waals surface area contributed by atoms with Crippen molar-refractivity contribution in [2.45, 2.75) is 9.79 Å². The predicted molar refractivity (Wildman–Crippen MR) is 227 cm³/mol. The summed E-state index contributed by atoms with van der Waals surface area (Å²) in [5, 5.41) is 58.1. The van der Waals surface area contributed by atoms with E-state index >= 15 is 0 Å². The highest BCUT2D eigenvalue weighted by Crippen LogP contribution is 2.44. The molecule has 0 aliphatic heterocycles. The van der Waals surface area contributed by atoms with E-state index in [1.54, 1.807) is 48.5 Å². The van der Waals surface area contributed by atoms with E-state index in [1.807, 2.05) is 0 Å². The van der Waals surface area contributed by atoms with Crippen LogP contribution in [0.4, 0.5) is 51.2 Å². The second kappa shape index (κ2) is 16.5. The van der Waals surface area contributed by atoms with Gasteiger partial charge in [-0.3, -0.25) is 13.9 Å². The third-order valence-corrected chi connectivity index (χ3v) is 10.7. The summed E-state index contributed by atoms with van der Waals surface area (Å²) in [5.41, 5.74) is 12.9. The predicted octanol–water partition coefficient (Wildman–Crippen LogP) is 9.00. The number of hydrogen-bond acceptors (Lipinski definition) is 16. The van der Waals surface area contributed by atoms with Crippen LogP contribution in [0.25, 0.3) is 32.7 Å². The first-order valence-electron chi connectivity index (χ1n) is 17.5. The van der Waals surface area contributed by atoms with E-state index in [0.717, 1.165) is 23.3 Å². The van der Waals surface area contributed by atoms with Gasteiger partial charge in [-0.1, -0.05) is 36.4 Å². The Hall–Kier alpha value is -8.18. The Morgan fingerprint density at radius 3 is 1.37 bits per heavy atom. The molecule has 10 N–H and O–H groups in total. The molecule has 0 heterocycles. The molecule has 312 valence electrons. The molecular weight excluding hydrogens is 847 g/mol. The van der Waals surface area contributed by atoms with Gasteiger partial charge in [-0.15, -0.1) is 15.3 Å². The maximum Gasteiger partial charge on any atom is 0.394 e. The zero-order valence-electron chi connectivity index (χ0n) is 31.3. The molecule has 0 spiro atoms. The Labute approximate surface area is 349 Å². The molecule has 0 bridgehead atoms. The third kappa shape index (κ3) is 9.02. The largest absolute Gasteiger partial charge is 0.505 e. The summed E-state index contributed by atoms with van der Waals surface area (Å²) in [7, 11) is -9.71. The number of nitrogens with two attached hydrogens (primary N) is 2. The molecule has 20 nitrogen and oxygen atoms in total. The van der Waals surface area contributed by atoms with E-state index in [2.05, 4.69) is 36.0 Å². The number of aliphatic carboxylic acids is 1. The monoisotopic (exact) mass is 875 g/mol. The lowest BCUT2D eigenvalue weighted by molar-refractivity contribution is -0.147. The number of azo groups is 3. The highest BCUT2D eigenvalue weighted by Gasteiger charge is 2.24. The molecule has 7 rings (SSSR count). The maximum atomic E-state index is 12.2. The second-order valence-corrected chi connectivity index (χ2v) is 16.0. The number of aromatic hydroxyl groups is 2. The molecule has 7 aromatic carbocycles. The minimum atomic E-state index is -4.91. The molecule has 7 aromatic rings. The van der Waals surface area contributed by atoms with Crippen molar-refractivity contribution in [3.63, 3.8) is 0 Å². The number of amides is 1. The smallest absolute Gasteiger partial charge is 0.394 e. The fourth-order valence-corrected chi connectivity index (χ4v) is 7.34. The SMILES string of the molecule is Nc1ccc2cc(S(=O)(=O)O)c(N=Nc3ccc(-c4ccc(N=Nc5ccc(N=Nc6c(S(=O)(=O)O)cc7ccc(N)cc7c6O)cc5NC(=O)C(=O)O)cc4)cc3)c(O)c2c1. The molecule has 0 radical (unpaired) electrons. The number of carboxylic acids is 1. The summed E-state index contributed by atoms with van der Waals surface area (Å²) in [6.45, 7) is 0. The summed E-state index contributed by atoms with van der Waals surface area (Å²) < 4.78 is 68.3. The Morgan fingerprint density at radius 2 is 0.935 bits per heavy atom. The Balaban J connectivity index is 1.12. The number of hydrogen-bond donors (Lipinski definition) is 8. The number of carboxylic acid groups (broad SMARTS) is 1. The summed E-state index contributed by atoms with van der Waals surface area (Å²) in [5.74, 6) is -4.42. The van der Waals surface area contributed by atoms with Crippen LogP contribution < -0.4 is 16.8 Å². The number of anilines is 3. The Kier molecular flexibility index (Phi) is 11.1. The minimum Gasteiger partial charge on any atom is -0.505 e. The number of nitrogen functional groups attached to an aromatic ring is 2. The van der Waals surface area contributed by atoms with Crippen molar-refractivity contribution in [2.24, 2.45) is 30.7 Å². The van der Waals surface area contributed by atoms with Crippen molar-refractivity contribution in [2.75, 3.05) is 16.8 Å². The van der Waals surface area contributed by atoms with Crippen LogP contribution in [0.15, 0.2) is 156 Å². The van der Waals surface area contributed by atoms with Crippen molar-refractivity contribution in [1.82, 2.24) is 0 Å². The Bertz CT molecular complexity index is 3310. The maximum absolute atomic E-state index is 12.2. The Morgan fingerprint density at radius 1 is 0.516 bits per heavy atom. The van der Waals surface area contributed by atoms with Crippen LogP contribution >= 0.6 is 0 Å². The van der Waals surface area contributed by atoms with Gasteiger partial charge in [0.15, 0.2) is 11.5 Å². The van der Waals surface area contributed by atoms with Gasteiger partial charge in [-0.2, -0.15) is 32.2 Å². The molecule has 22 heteroatoms. The van der Waals surface area contributed by atoms with Gasteiger partial charge in [0.25, 0.3) is 20.2 Å². The average molecular weight is 876 g/mol. The minimum absolute atomic E-state index is 0.0140. The van der Waals surface area contributed by atoms with E-state index in [1.165, 1.54) is 54.6 Å². The molecule has 0 saturated carbocycles. The number of phenols is 2. The van der Waals surface area contributed by atoms with Crippen LogP contribution in [-0.4, -0.2) is 53.1 Å². The van der Waals surface area contributed by atoms with Gasteiger partial charge in [-0.05, 0) is 101 Å². The van der Waals surface area contributed by atoms with Crippen molar-refractivity contribution < 1.29 is 50.8 Å². The van der Waals surface area contributed by atoms with Crippen LogP contribution in [0.1, 0.15) is 0 Å². The molecule has 0 atom stereocenters. The van der Waals surface area contributed by atoms with Crippen LogP contribution in [0.2, 0.25) is 0 Å². The lowest BCUT2D eigenvalue weighted by atomic mass is 10.1. The van der Waals surface area contributed by atoms with E-state index < -0.39 is 64.8 Å². The van der Waals surface area contributed by atoms with E-state index in [0.29, 0.717) is 16.8 Å².